The summed E-state index contributed by atoms with van der Waals surface area (Å²) in [5.74, 6) is 1.80. The number of anilines is 1. The second kappa shape index (κ2) is 7.54. The molecule has 3 heterocycles. The smallest absolute Gasteiger partial charge is 0.205 e. The third-order valence-electron chi connectivity index (χ3n) is 4.13. The zero-order valence-corrected chi connectivity index (χ0v) is 13.7. The molecular formula is C13H24ClN5S. The Labute approximate surface area is 131 Å². The van der Waals surface area contributed by atoms with Gasteiger partial charge < -0.3 is 10.2 Å². The van der Waals surface area contributed by atoms with Crippen molar-refractivity contribution >= 4 is 29.1 Å². The van der Waals surface area contributed by atoms with E-state index in [2.05, 4.69) is 24.5 Å². The summed E-state index contributed by atoms with van der Waals surface area (Å²) in [6.45, 7) is 10.2. The summed E-state index contributed by atoms with van der Waals surface area (Å²) in [4.78, 5) is 9.49. The molecular weight excluding hydrogens is 294 g/mol. The van der Waals surface area contributed by atoms with Gasteiger partial charge in [0, 0.05) is 44.3 Å². The summed E-state index contributed by atoms with van der Waals surface area (Å²) in [6, 6.07) is 0. The van der Waals surface area contributed by atoms with Crippen LogP contribution in [0, 0.1) is 12.8 Å². The molecule has 0 spiro atoms. The van der Waals surface area contributed by atoms with E-state index >= 15 is 0 Å². The zero-order valence-electron chi connectivity index (χ0n) is 12.0. The lowest BCUT2D eigenvalue weighted by Gasteiger charge is -2.37. The molecule has 1 aromatic heterocycles. The zero-order chi connectivity index (χ0) is 13.1. The number of aryl methyl sites for hydroxylation is 1. The van der Waals surface area contributed by atoms with Crippen LogP contribution < -0.4 is 10.2 Å². The predicted octanol–water partition coefficient (Wildman–Crippen LogP) is 1.39. The van der Waals surface area contributed by atoms with Crippen molar-refractivity contribution in [3.8, 4) is 0 Å². The predicted molar refractivity (Wildman–Crippen MR) is 86.1 cm³/mol. The molecule has 0 aromatic carbocycles. The molecule has 2 aliphatic heterocycles. The molecule has 114 valence electrons. The Hall–Kier alpha value is -0.430. The summed E-state index contributed by atoms with van der Waals surface area (Å²) < 4.78 is 4.27. The van der Waals surface area contributed by atoms with Gasteiger partial charge in [-0.2, -0.15) is 4.37 Å². The number of hydrogen-bond acceptors (Lipinski definition) is 6. The van der Waals surface area contributed by atoms with E-state index in [1.807, 2.05) is 6.92 Å². The number of rotatable bonds is 3. The monoisotopic (exact) mass is 317 g/mol. The lowest BCUT2D eigenvalue weighted by atomic mass is 9.97. The Morgan fingerprint density at radius 2 is 1.90 bits per heavy atom. The van der Waals surface area contributed by atoms with Crippen LogP contribution in [0.25, 0.3) is 0 Å². The number of piperidine rings is 1. The Balaban J connectivity index is 0.00000147. The van der Waals surface area contributed by atoms with Gasteiger partial charge in [-0.05, 0) is 38.8 Å². The first kappa shape index (κ1) is 15.9. The van der Waals surface area contributed by atoms with E-state index in [0.717, 1.165) is 30.0 Å². The lowest BCUT2D eigenvalue weighted by molar-refractivity contribution is 0.196. The molecule has 1 N–H and O–H groups in total. The maximum Gasteiger partial charge on any atom is 0.205 e. The quantitative estimate of drug-likeness (QED) is 0.912. The molecule has 20 heavy (non-hydrogen) atoms. The van der Waals surface area contributed by atoms with Gasteiger partial charge in [0.05, 0.1) is 0 Å². The first-order valence-corrected chi connectivity index (χ1v) is 8.07. The standard InChI is InChI=1S/C13H23N5S.ClH/c1-11-15-13(19-16-11)18-8-6-17(7-9-18)10-12-2-4-14-5-3-12;/h12,14H,2-10H2,1H3;1H. The summed E-state index contributed by atoms with van der Waals surface area (Å²) in [5, 5.41) is 4.54. The van der Waals surface area contributed by atoms with Crippen molar-refractivity contribution in [3.63, 3.8) is 0 Å². The minimum atomic E-state index is 0. The van der Waals surface area contributed by atoms with Crippen molar-refractivity contribution in [2.75, 3.05) is 50.7 Å². The highest BCUT2D eigenvalue weighted by Crippen LogP contribution is 2.20. The number of halogens is 1. The van der Waals surface area contributed by atoms with Crippen LogP contribution in [0.4, 0.5) is 5.13 Å². The number of piperazine rings is 1. The van der Waals surface area contributed by atoms with E-state index in [1.165, 1.54) is 57.1 Å². The van der Waals surface area contributed by atoms with Crippen molar-refractivity contribution in [2.45, 2.75) is 19.8 Å². The van der Waals surface area contributed by atoms with Crippen LogP contribution in [-0.4, -0.2) is 60.1 Å². The highest BCUT2D eigenvalue weighted by molar-refractivity contribution is 7.09. The molecule has 0 amide bonds. The average molecular weight is 318 g/mol. The van der Waals surface area contributed by atoms with Crippen molar-refractivity contribution in [1.82, 2.24) is 19.6 Å². The highest BCUT2D eigenvalue weighted by atomic mass is 35.5. The van der Waals surface area contributed by atoms with Crippen molar-refractivity contribution in [3.05, 3.63) is 5.82 Å². The number of nitrogens with zero attached hydrogens (tertiary/aromatic N) is 4. The van der Waals surface area contributed by atoms with E-state index in [9.17, 15) is 0 Å². The second-order valence-corrected chi connectivity index (χ2v) is 6.34. The fourth-order valence-electron chi connectivity index (χ4n) is 2.97. The third-order valence-corrected chi connectivity index (χ3v) is 5.00. The van der Waals surface area contributed by atoms with Crippen molar-refractivity contribution in [2.24, 2.45) is 5.92 Å². The van der Waals surface area contributed by atoms with Crippen LogP contribution >= 0.6 is 23.9 Å². The van der Waals surface area contributed by atoms with E-state index in [-0.39, 0.29) is 12.4 Å². The Kier molecular flexibility index (Phi) is 6.01. The van der Waals surface area contributed by atoms with E-state index in [0.29, 0.717) is 0 Å². The Morgan fingerprint density at radius 3 is 2.50 bits per heavy atom. The minimum Gasteiger partial charge on any atom is -0.344 e. The first-order chi connectivity index (χ1) is 9.31. The molecule has 0 aliphatic carbocycles. The summed E-state index contributed by atoms with van der Waals surface area (Å²) in [5.41, 5.74) is 0. The SMILES string of the molecule is Cc1nsc(N2CCN(CC3CCNCC3)CC2)n1.Cl. The maximum atomic E-state index is 4.48. The topological polar surface area (TPSA) is 44.3 Å². The van der Waals surface area contributed by atoms with Crippen molar-refractivity contribution < 1.29 is 0 Å². The van der Waals surface area contributed by atoms with Crippen molar-refractivity contribution in [1.29, 1.82) is 0 Å². The van der Waals surface area contributed by atoms with Gasteiger partial charge in [-0.1, -0.05) is 0 Å². The lowest BCUT2D eigenvalue weighted by Crippen LogP contribution is -2.48. The molecule has 0 bridgehead atoms. The van der Waals surface area contributed by atoms with Crippen LogP contribution in [0.15, 0.2) is 0 Å². The number of nitrogens with one attached hydrogen (secondary N) is 1. The molecule has 1 aromatic rings. The third kappa shape index (κ3) is 4.04. The molecule has 2 aliphatic rings. The molecule has 2 saturated heterocycles. The Bertz CT molecular complexity index is 399. The van der Waals surface area contributed by atoms with Gasteiger partial charge in [-0.15, -0.1) is 12.4 Å². The molecule has 0 unspecified atom stereocenters. The first-order valence-electron chi connectivity index (χ1n) is 7.29. The van der Waals surface area contributed by atoms with Crippen LogP contribution in [0.5, 0.6) is 0 Å². The fraction of sp³-hybridized carbons (Fsp3) is 0.846. The molecule has 2 fully saturated rings. The van der Waals surface area contributed by atoms with Gasteiger partial charge >= 0.3 is 0 Å². The normalized spacial score (nSPS) is 21.8. The molecule has 7 heteroatoms. The fourth-order valence-corrected chi connectivity index (χ4v) is 3.69. The van der Waals surface area contributed by atoms with Crippen LogP contribution in [-0.2, 0) is 0 Å². The summed E-state index contributed by atoms with van der Waals surface area (Å²) in [7, 11) is 0. The maximum absolute atomic E-state index is 4.48. The van der Waals surface area contributed by atoms with E-state index in [4.69, 9.17) is 0 Å². The van der Waals surface area contributed by atoms with Gasteiger partial charge in [0.25, 0.3) is 0 Å². The van der Waals surface area contributed by atoms with Crippen LogP contribution in [0.1, 0.15) is 18.7 Å². The second-order valence-electron chi connectivity index (χ2n) is 5.61. The number of aromatic nitrogens is 2. The van der Waals surface area contributed by atoms with Gasteiger partial charge in [-0.3, -0.25) is 4.90 Å². The van der Waals surface area contributed by atoms with Gasteiger partial charge in [0.1, 0.15) is 5.82 Å². The van der Waals surface area contributed by atoms with Gasteiger partial charge in [-0.25, -0.2) is 4.98 Å². The summed E-state index contributed by atoms with van der Waals surface area (Å²) in [6.07, 6.45) is 2.69. The largest absolute Gasteiger partial charge is 0.344 e. The molecule has 3 rings (SSSR count). The molecule has 0 radical (unpaired) electrons. The molecule has 0 saturated carbocycles. The van der Waals surface area contributed by atoms with Gasteiger partial charge in [0.15, 0.2) is 0 Å². The van der Waals surface area contributed by atoms with Crippen LogP contribution in [0.2, 0.25) is 0 Å². The molecule has 0 atom stereocenters. The average Bonchev–Trinajstić information content (AvgIpc) is 2.87. The van der Waals surface area contributed by atoms with E-state index in [1.54, 1.807) is 0 Å². The summed E-state index contributed by atoms with van der Waals surface area (Å²) >= 11 is 1.53. The van der Waals surface area contributed by atoms with Crippen LogP contribution in [0.3, 0.4) is 0 Å². The minimum absolute atomic E-state index is 0. The van der Waals surface area contributed by atoms with Gasteiger partial charge in [0.2, 0.25) is 5.13 Å². The molecule has 5 nitrogen and oxygen atoms in total. The number of hydrogen-bond donors (Lipinski definition) is 1. The highest BCUT2D eigenvalue weighted by Gasteiger charge is 2.22. The van der Waals surface area contributed by atoms with E-state index < -0.39 is 0 Å². The Morgan fingerprint density at radius 1 is 1.20 bits per heavy atom.